The summed E-state index contributed by atoms with van der Waals surface area (Å²) >= 11 is 0. The minimum Gasteiger partial charge on any atom is -0.381 e. The third-order valence-electron chi connectivity index (χ3n) is 3.94. The molecule has 1 saturated heterocycles. The van der Waals surface area contributed by atoms with E-state index in [1.165, 1.54) is 18.2 Å². The molecule has 6 nitrogen and oxygen atoms in total. The van der Waals surface area contributed by atoms with Crippen molar-refractivity contribution in [1.29, 1.82) is 0 Å². The number of aromatic nitrogens is 2. The number of rotatable bonds is 4. The summed E-state index contributed by atoms with van der Waals surface area (Å²) in [5, 5.41) is 5.05. The molecule has 0 saturated carbocycles. The van der Waals surface area contributed by atoms with Crippen LogP contribution in [0.1, 0.15) is 28.9 Å². The predicted molar refractivity (Wildman–Crippen MR) is 88.0 cm³/mol. The molecule has 1 aromatic heterocycles. The van der Waals surface area contributed by atoms with Gasteiger partial charge in [0.1, 0.15) is 5.82 Å². The summed E-state index contributed by atoms with van der Waals surface area (Å²) in [6.07, 6.45) is -3.00. The van der Waals surface area contributed by atoms with Gasteiger partial charge in [0.25, 0.3) is 5.91 Å². The molecule has 1 fully saturated rings. The molecule has 1 aromatic carbocycles. The molecule has 0 bridgehead atoms. The van der Waals surface area contributed by atoms with E-state index in [2.05, 4.69) is 20.6 Å². The SMILES string of the molecule is O=C(NC1CCOCC1)c1cnc(Nc2cccc(F)c2)nc1C(F)(F)F. The van der Waals surface area contributed by atoms with Crippen molar-refractivity contribution in [2.45, 2.75) is 25.1 Å². The van der Waals surface area contributed by atoms with E-state index >= 15 is 0 Å². The molecule has 2 heterocycles. The second kappa shape index (κ2) is 7.87. The highest BCUT2D eigenvalue weighted by molar-refractivity contribution is 5.95. The van der Waals surface area contributed by atoms with Crippen LogP contribution in [0, 0.1) is 5.82 Å². The van der Waals surface area contributed by atoms with Gasteiger partial charge >= 0.3 is 6.18 Å². The van der Waals surface area contributed by atoms with Crippen molar-refractivity contribution < 1.29 is 27.1 Å². The number of carbonyl (C=O) groups is 1. The average molecular weight is 384 g/mol. The number of nitrogens with one attached hydrogen (secondary N) is 2. The molecule has 2 aromatic rings. The normalized spacial score (nSPS) is 15.4. The summed E-state index contributed by atoms with van der Waals surface area (Å²) in [7, 11) is 0. The van der Waals surface area contributed by atoms with Gasteiger partial charge in [0.05, 0.1) is 5.56 Å². The van der Waals surface area contributed by atoms with Gasteiger partial charge in [-0.15, -0.1) is 0 Å². The van der Waals surface area contributed by atoms with E-state index in [4.69, 9.17) is 4.74 Å². The molecule has 10 heteroatoms. The van der Waals surface area contributed by atoms with E-state index in [1.807, 2.05) is 0 Å². The minimum absolute atomic E-state index is 0.183. The van der Waals surface area contributed by atoms with Gasteiger partial charge in [-0.1, -0.05) is 6.07 Å². The first kappa shape index (κ1) is 19.0. The molecular weight excluding hydrogens is 368 g/mol. The number of hydrogen-bond donors (Lipinski definition) is 2. The summed E-state index contributed by atoms with van der Waals surface area (Å²) in [6, 6.07) is 4.85. The van der Waals surface area contributed by atoms with Crippen LogP contribution in [0.15, 0.2) is 30.5 Å². The number of nitrogens with zero attached hydrogens (tertiary/aromatic N) is 2. The Morgan fingerprint density at radius 1 is 1.22 bits per heavy atom. The van der Waals surface area contributed by atoms with Crippen molar-refractivity contribution in [2.75, 3.05) is 18.5 Å². The van der Waals surface area contributed by atoms with Gasteiger partial charge in [0.15, 0.2) is 5.69 Å². The zero-order valence-corrected chi connectivity index (χ0v) is 14.0. The summed E-state index contributed by atoms with van der Waals surface area (Å²) in [5.41, 5.74) is -1.85. The third-order valence-corrected chi connectivity index (χ3v) is 3.94. The molecule has 27 heavy (non-hydrogen) atoms. The Balaban J connectivity index is 1.84. The van der Waals surface area contributed by atoms with Crippen molar-refractivity contribution in [3.8, 4) is 0 Å². The average Bonchev–Trinajstić information content (AvgIpc) is 2.62. The number of anilines is 2. The molecule has 1 aliphatic rings. The molecule has 0 aliphatic carbocycles. The highest BCUT2D eigenvalue weighted by Gasteiger charge is 2.38. The number of alkyl halides is 3. The Kier molecular flexibility index (Phi) is 5.54. The van der Waals surface area contributed by atoms with Crippen molar-refractivity contribution in [1.82, 2.24) is 15.3 Å². The van der Waals surface area contributed by atoms with Crippen LogP contribution in [-0.4, -0.2) is 35.1 Å². The number of benzene rings is 1. The van der Waals surface area contributed by atoms with Crippen LogP contribution in [0.2, 0.25) is 0 Å². The smallest absolute Gasteiger partial charge is 0.381 e. The van der Waals surface area contributed by atoms with Crippen molar-refractivity contribution in [2.24, 2.45) is 0 Å². The van der Waals surface area contributed by atoms with Gasteiger partial charge in [-0.05, 0) is 31.0 Å². The summed E-state index contributed by atoms with van der Waals surface area (Å²) in [4.78, 5) is 19.5. The molecule has 0 unspecified atom stereocenters. The Bertz CT molecular complexity index is 823. The maximum absolute atomic E-state index is 13.4. The second-order valence-corrected chi connectivity index (χ2v) is 5.95. The van der Waals surface area contributed by atoms with E-state index in [-0.39, 0.29) is 11.7 Å². The lowest BCUT2D eigenvalue weighted by Gasteiger charge is -2.23. The van der Waals surface area contributed by atoms with E-state index in [9.17, 15) is 22.4 Å². The van der Waals surface area contributed by atoms with Crippen molar-refractivity contribution >= 4 is 17.5 Å². The van der Waals surface area contributed by atoms with Crippen LogP contribution in [0.25, 0.3) is 0 Å². The zero-order valence-electron chi connectivity index (χ0n) is 14.0. The van der Waals surface area contributed by atoms with Crippen LogP contribution in [-0.2, 0) is 10.9 Å². The number of halogens is 4. The molecule has 0 radical (unpaired) electrons. The Morgan fingerprint density at radius 2 is 1.96 bits per heavy atom. The van der Waals surface area contributed by atoms with Crippen LogP contribution < -0.4 is 10.6 Å². The molecule has 0 spiro atoms. The number of carbonyl (C=O) groups excluding carboxylic acids is 1. The monoisotopic (exact) mass is 384 g/mol. The molecule has 2 N–H and O–H groups in total. The van der Waals surface area contributed by atoms with Crippen LogP contribution >= 0.6 is 0 Å². The summed E-state index contributed by atoms with van der Waals surface area (Å²) in [6.45, 7) is 0.869. The van der Waals surface area contributed by atoms with Gasteiger partial charge < -0.3 is 15.4 Å². The minimum atomic E-state index is -4.86. The van der Waals surface area contributed by atoms with E-state index in [0.717, 1.165) is 12.3 Å². The zero-order chi connectivity index (χ0) is 19.4. The summed E-state index contributed by atoms with van der Waals surface area (Å²) in [5.74, 6) is -1.86. The number of ether oxygens (including phenoxy) is 1. The Morgan fingerprint density at radius 3 is 2.63 bits per heavy atom. The molecule has 1 aliphatic heterocycles. The Hall–Kier alpha value is -2.75. The van der Waals surface area contributed by atoms with E-state index in [1.54, 1.807) is 0 Å². The first-order chi connectivity index (χ1) is 12.8. The summed E-state index contributed by atoms with van der Waals surface area (Å²) < 4.78 is 58.5. The van der Waals surface area contributed by atoms with Crippen LogP contribution in [0.5, 0.6) is 0 Å². The second-order valence-electron chi connectivity index (χ2n) is 5.95. The first-order valence-corrected chi connectivity index (χ1v) is 8.18. The topological polar surface area (TPSA) is 76.1 Å². The highest BCUT2D eigenvalue weighted by Crippen LogP contribution is 2.31. The Labute approximate surface area is 152 Å². The van der Waals surface area contributed by atoms with Gasteiger partial charge in [-0.25, -0.2) is 14.4 Å². The quantitative estimate of drug-likeness (QED) is 0.792. The molecule has 3 rings (SSSR count). The highest BCUT2D eigenvalue weighted by atomic mass is 19.4. The van der Waals surface area contributed by atoms with E-state index in [0.29, 0.717) is 26.1 Å². The lowest BCUT2D eigenvalue weighted by Crippen LogP contribution is -2.39. The lowest BCUT2D eigenvalue weighted by molar-refractivity contribution is -0.141. The fourth-order valence-electron chi connectivity index (χ4n) is 2.62. The fourth-order valence-corrected chi connectivity index (χ4v) is 2.62. The van der Waals surface area contributed by atoms with Crippen molar-refractivity contribution in [3.63, 3.8) is 0 Å². The predicted octanol–water partition coefficient (Wildman–Crippen LogP) is 3.29. The third kappa shape index (κ3) is 4.91. The van der Waals surface area contributed by atoms with E-state index < -0.39 is 35.1 Å². The first-order valence-electron chi connectivity index (χ1n) is 8.18. The number of hydrogen-bond acceptors (Lipinski definition) is 5. The number of amides is 1. The molecule has 0 atom stereocenters. The van der Waals surface area contributed by atoms with Gasteiger partial charge in [-0.3, -0.25) is 4.79 Å². The maximum Gasteiger partial charge on any atom is 0.434 e. The fraction of sp³-hybridized carbons (Fsp3) is 0.353. The maximum atomic E-state index is 13.4. The molecular formula is C17H16F4N4O2. The molecule has 1 amide bonds. The largest absolute Gasteiger partial charge is 0.434 e. The van der Waals surface area contributed by atoms with Gasteiger partial charge in [-0.2, -0.15) is 13.2 Å². The lowest BCUT2D eigenvalue weighted by atomic mass is 10.1. The van der Waals surface area contributed by atoms with Crippen LogP contribution in [0.3, 0.4) is 0 Å². The molecule has 144 valence electrons. The van der Waals surface area contributed by atoms with Crippen LogP contribution in [0.4, 0.5) is 29.2 Å². The van der Waals surface area contributed by atoms with Gasteiger partial charge in [0, 0.05) is 31.1 Å². The van der Waals surface area contributed by atoms with Gasteiger partial charge in [0.2, 0.25) is 5.95 Å². The van der Waals surface area contributed by atoms with Crippen molar-refractivity contribution in [3.05, 3.63) is 47.5 Å². The standard InChI is InChI=1S/C17H16F4N4O2/c18-10-2-1-3-12(8-10)24-16-22-9-13(14(25-16)17(19,20)21)15(26)23-11-4-6-27-7-5-11/h1-3,8-9,11H,4-7H2,(H,23,26)(H,22,24,25).